The lowest BCUT2D eigenvalue weighted by Gasteiger charge is -2.31. The van der Waals surface area contributed by atoms with Crippen LogP contribution in [-0.4, -0.2) is 56.4 Å². The number of amides is 1. The van der Waals surface area contributed by atoms with Gasteiger partial charge in [0.15, 0.2) is 21.5 Å². The number of carbonyl (C=O) groups excluding carboxylic acids is 1. The maximum atomic E-state index is 14.6. The molecule has 14 heteroatoms. The third-order valence-electron chi connectivity index (χ3n) is 8.22. The number of aliphatic hydroxyl groups excluding tert-OH is 1. The highest BCUT2D eigenvalue weighted by molar-refractivity contribution is 7.91. The number of hydrogen-bond donors (Lipinski definition) is 2. The van der Waals surface area contributed by atoms with Gasteiger partial charge in [-0.2, -0.15) is 0 Å². The van der Waals surface area contributed by atoms with Gasteiger partial charge in [-0.25, -0.2) is 13.4 Å². The lowest BCUT2D eigenvalue weighted by atomic mass is 9.83. The van der Waals surface area contributed by atoms with Crippen LogP contribution in [0.4, 0.5) is 0 Å². The topological polar surface area (TPSA) is 163 Å². The van der Waals surface area contributed by atoms with E-state index in [1.807, 2.05) is 0 Å². The number of carbonyl (C=O) groups is 1. The van der Waals surface area contributed by atoms with Gasteiger partial charge in [0.05, 0.1) is 23.8 Å². The molecule has 4 aromatic carbocycles. The number of rotatable bonds is 16. The van der Waals surface area contributed by atoms with E-state index in [1.165, 1.54) is 12.1 Å². The van der Waals surface area contributed by atoms with Gasteiger partial charge >= 0.3 is 0 Å². The van der Waals surface area contributed by atoms with Crippen molar-refractivity contribution in [3.05, 3.63) is 140 Å². The van der Waals surface area contributed by atoms with Crippen molar-refractivity contribution in [1.29, 1.82) is 0 Å². The van der Waals surface area contributed by atoms with Crippen LogP contribution in [0, 0.1) is 0 Å². The lowest BCUT2D eigenvalue weighted by Crippen LogP contribution is -2.50. The smallest absolute Gasteiger partial charge is 0.252 e. The van der Waals surface area contributed by atoms with Crippen LogP contribution in [0.5, 0.6) is 5.75 Å². The first kappa shape index (κ1) is 36.7. The number of hydrogen-bond acceptors (Lipinski definition) is 8. The summed E-state index contributed by atoms with van der Waals surface area (Å²) in [7, 11) is -3.86. The lowest BCUT2D eigenvalue weighted by molar-refractivity contribution is -0.129. The van der Waals surface area contributed by atoms with Gasteiger partial charge in [-0.05, 0) is 77.2 Å². The standard InChI is InChI=1S/C36H35Cl2N5O6S/c37-28-14-11-25(32(38)23-28)17-19-40-35(45)36(18-22-50(46,47)30-8-2-1-3-9-30)33(31-10-5-4-7-27(31)24-41-43-39)49-34(42-36)26-12-15-29(16-13-26)48-21-6-20-44/h1-5,7-16,23,33,44H,6,17-22,24H2,(H,40,45)/t33-,36-/m1/s1. The molecule has 0 aromatic heterocycles. The summed E-state index contributed by atoms with van der Waals surface area (Å²) < 4.78 is 39.5. The second-order valence-electron chi connectivity index (χ2n) is 11.5. The molecule has 0 saturated carbocycles. The van der Waals surface area contributed by atoms with Gasteiger partial charge in [0, 0.05) is 46.5 Å². The monoisotopic (exact) mass is 735 g/mol. The van der Waals surface area contributed by atoms with Crippen LogP contribution in [0.15, 0.2) is 112 Å². The van der Waals surface area contributed by atoms with Gasteiger partial charge in [0.2, 0.25) is 5.90 Å². The quantitative estimate of drug-likeness (QED) is 0.0542. The Kier molecular flexibility index (Phi) is 12.4. The zero-order chi connectivity index (χ0) is 35.6. The molecule has 0 fully saturated rings. The Morgan fingerprint density at radius 2 is 1.76 bits per heavy atom. The van der Waals surface area contributed by atoms with Gasteiger partial charge < -0.3 is 19.9 Å². The van der Waals surface area contributed by atoms with E-state index in [-0.39, 0.29) is 36.9 Å². The zero-order valence-corrected chi connectivity index (χ0v) is 29.2. The molecule has 1 aliphatic heterocycles. The average Bonchev–Trinajstić information content (AvgIpc) is 3.52. The SMILES string of the molecule is [N-]=[N+]=NCc1ccccc1[C@H]1OC(c2ccc(OCCCO)cc2)=N[C@@]1(CCS(=O)(=O)c1ccccc1)C(=O)NCCc1ccc(Cl)cc1Cl. The van der Waals surface area contributed by atoms with Crippen LogP contribution in [0.2, 0.25) is 10.0 Å². The van der Waals surface area contributed by atoms with Gasteiger partial charge in [-0.1, -0.05) is 76.8 Å². The molecule has 1 amide bonds. The van der Waals surface area contributed by atoms with E-state index in [0.717, 1.165) is 5.56 Å². The number of ether oxygens (including phenoxy) is 2. The molecule has 0 bridgehead atoms. The minimum atomic E-state index is -3.86. The Hall–Kier alpha value is -4.58. The number of benzene rings is 4. The highest BCUT2D eigenvalue weighted by Crippen LogP contribution is 2.44. The van der Waals surface area contributed by atoms with E-state index >= 15 is 0 Å². The van der Waals surface area contributed by atoms with E-state index in [2.05, 4.69) is 15.3 Å². The van der Waals surface area contributed by atoms with Crippen LogP contribution in [-0.2, 0) is 32.3 Å². The van der Waals surface area contributed by atoms with Gasteiger partial charge in [0.1, 0.15) is 5.75 Å². The molecular weight excluding hydrogens is 701 g/mol. The first-order chi connectivity index (χ1) is 24.2. The summed E-state index contributed by atoms with van der Waals surface area (Å²) in [5.74, 6) is -0.270. The van der Waals surface area contributed by atoms with E-state index < -0.39 is 33.1 Å². The molecule has 11 nitrogen and oxygen atoms in total. The predicted octanol–water partition coefficient (Wildman–Crippen LogP) is 7.04. The summed E-state index contributed by atoms with van der Waals surface area (Å²) in [6.07, 6.45) is -0.479. The van der Waals surface area contributed by atoms with Crippen molar-refractivity contribution in [2.45, 2.75) is 42.3 Å². The normalized spacial score (nSPS) is 16.9. The third kappa shape index (κ3) is 8.76. The average molecular weight is 737 g/mol. The second-order valence-corrected chi connectivity index (χ2v) is 14.5. The molecule has 1 aliphatic rings. The molecule has 4 aromatic rings. The fraction of sp³-hybridized carbons (Fsp3) is 0.278. The van der Waals surface area contributed by atoms with Crippen molar-refractivity contribution < 1.29 is 27.8 Å². The Bertz CT molecular complexity index is 1990. The van der Waals surface area contributed by atoms with Gasteiger partial charge in [-0.3, -0.25) is 4.79 Å². The number of nitrogens with zero attached hydrogens (tertiary/aromatic N) is 4. The summed E-state index contributed by atoms with van der Waals surface area (Å²) in [4.78, 5) is 22.5. The maximum absolute atomic E-state index is 14.6. The molecule has 0 aliphatic carbocycles. The van der Waals surface area contributed by atoms with E-state index in [0.29, 0.717) is 51.9 Å². The second kappa shape index (κ2) is 16.9. The molecule has 0 radical (unpaired) electrons. The molecular formula is C36H35Cl2N5O6S. The molecule has 0 saturated heterocycles. The minimum Gasteiger partial charge on any atom is -0.494 e. The van der Waals surface area contributed by atoms with Crippen molar-refractivity contribution >= 4 is 44.8 Å². The zero-order valence-electron chi connectivity index (χ0n) is 26.9. The number of halogens is 2. The van der Waals surface area contributed by atoms with Crippen LogP contribution in [0.3, 0.4) is 0 Å². The van der Waals surface area contributed by atoms with Crippen molar-refractivity contribution in [3.63, 3.8) is 0 Å². The fourth-order valence-corrected chi connectivity index (χ4v) is 7.50. The molecule has 260 valence electrons. The Balaban J connectivity index is 1.57. The van der Waals surface area contributed by atoms with Gasteiger partial charge in [0.25, 0.3) is 5.91 Å². The van der Waals surface area contributed by atoms with Crippen molar-refractivity contribution in [1.82, 2.24) is 5.32 Å². The minimum absolute atomic E-state index is 0.00213. The summed E-state index contributed by atoms with van der Waals surface area (Å²) >= 11 is 12.5. The molecule has 2 atom stereocenters. The number of azide groups is 1. The van der Waals surface area contributed by atoms with Crippen LogP contribution >= 0.6 is 23.2 Å². The third-order valence-corrected chi connectivity index (χ3v) is 10.5. The van der Waals surface area contributed by atoms with E-state index in [9.17, 15) is 13.2 Å². The molecule has 1 heterocycles. The maximum Gasteiger partial charge on any atom is 0.252 e. The molecule has 50 heavy (non-hydrogen) atoms. The fourth-order valence-electron chi connectivity index (χ4n) is 5.61. The summed E-state index contributed by atoms with van der Waals surface area (Å²) in [5.41, 5.74) is 9.75. The van der Waals surface area contributed by atoms with Crippen molar-refractivity contribution in [2.75, 3.05) is 25.5 Å². The highest BCUT2D eigenvalue weighted by atomic mass is 35.5. The molecule has 0 spiro atoms. The van der Waals surface area contributed by atoms with Crippen LogP contribution < -0.4 is 10.1 Å². The summed E-state index contributed by atoms with van der Waals surface area (Å²) in [5, 5.41) is 16.7. The molecule has 5 rings (SSSR count). The Morgan fingerprint density at radius 1 is 1.02 bits per heavy atom. The van der Waals surface area contributed by atoms with E-state index in [1.54, 1.807) is 84.9 Å². The Morgan fingerprint density at radius 3 is 2.48 bits per heavy atom. The largest absolute Gasteiger partial charge is 0.494 e. The summed E-state index contributed by atoms with van der Waals surface area (Å²) in [6.45, 7) is 0.460. The number of aliphatic hydroxyl groups is 1. The molecule has 0 unspecified atom stereocenters. The first-order valence-electron chi connectivity index (χ1n) is 15.9. The van der Waals surface area contributed by atoms with E-state index in [4.69, 9.17) is 48.3 Å². The molecule has 2 N–H and O–H groups in total. The van der Waals surface area contributed by atoms with Crippen molar-refractivity contribution in [2.24, 2.45) is 10.1 Å². The summed E-state index contributed by atoms with van der Waals surface area (Å²) in [6, 6.07) is 27.1. The van der Waals surface area contributed by atoms with Crippen molar-refractivity contribution in [3.8, 4) is 5.75 Å². The predicted molar refractivity (Wildman–Crippen MR) is 192 cm³/mol. The number of sulfone groups is 1. The highest BCUT2D eigenvalue weighted by Gasteiger charge is 2.54. The Labute approximate surface area is 300 Å². The van der Waals surface area contributed by atoms with Gasteiger partial charge in [-0.15, -0.1) is 0 Å². The van der Waals surface area contributed by atoms with Crippen LogP contribution in [0.1, 0.15) is 41.2 Å². The number of aliphatic imine (C=N–C) groups is 1. The first-order valence-corrected chi connectivity index (χ1v) is 18.3. The van der Waals surface area contributed by atoms with Crippen LogP contribution in [0.25, 0.3) is 10.4 Å². The number of nitrogens with one attached hydrogen (secondary N) is 1.